The molecule has 21 heavy (non-hydrogen) atoms. The molecule has 2 amide bonds. The third-order valence-electron chi connectivity index (χ3n) is 5.73. The summed E-state index contributed by atoms with van der Waals surface area (Å²) < 4.78 is 0. The third kappa shape index (κ3) is 2.68. The van der Waals surface area contributed by atoms with Gasteiger partial charge in [-0.25, -0.2) is 0 Å². The maximum Gasteiger partial charge on any atom is 0.227 e. The third-order valence-corrected chi connectivity index (χ3v) is 5.73. The summed E-state index contributed by atoms with van der Waals surface area (Å²) in [5, 5.41) is 0. The molecule has 3 rings (SSSR count). The minimum absolute atomic E-state index is 0.0391. The molecule has 4 atom stereocenters. The largest absolute Gasteiger partial charge is 0.341 e. The fraction of sp³-hybridized carbons (Fsp3) is 0.875. The van der Waals surface area contributed by atoms with Crippen LogP contribution in [0.1, 0.15) is 39.0 Å². The summed E-state index contributed by atoms with van der Waals surface area (Å²) in [4.78, 5) is 28.5. The molecule has 5 heteroatoms. The van der Waals surface area contributed by atoms with E-state index < -0.39 is 0 Å². The average Bonchev–Trinajstić information content (AvgIpc) is 2.98. The SMILES string of the molecule is CCC(=O)N1CCCN(C(=O)C2C3CCC(C3)C2N)CC1. The molecule has 5 nitrogen and oxygen atoms in total. The highest BCUT2D eigenvalue weighted by Gasteiger charge is 2.50. The van der Waals surface area contributed by atoms with E-state index in [0.29, 0.717) is 31.3 Å². The zero-order valence-electron chi connectivity index (χ0n) is 13.0. The Labute approximate surface area is 126 Å². The van der Waals surface area contributed by atoms with Crippen LogP contribution in [-0.4, -0.2) is 53.8 Å². The van der Waals surface area contributed by atoms with Crippen LogP contribution in [0.25, 0.3) is 0 Å². The van der Waals surface area contributed by atoms with Gasteiger partial charge in [0.25, 0.3) is 0 Å². The first-order valence-corrected chi connectivity index (χ1v) is 8.44. The number of fused-ring (bicyclic) bond motifs is 2. The van der Waals surface area contributed by atoms with Crippen LogP contribution in [-0.2, 0) is 9.59 Å². The van der Waals surface area contributed by atoms with Gasteiger partial charge in [0.15, 0.2) is 0 Å². The molecule has 3 fully saturated rings. The molecule has 2 aliphatic carbocycles. The topological polar surface area (TPSA) is 66.6 Å². The molecular formula is C16H27N3O2. The second-order valence-corrected chi connectivity index (χ2v) is 6.85. The van der Waals surface area contributed by atoms with Crippen LogP contribution in [0.4, 0.5) is 0 Å². The second-order valence-electron chi connectivity index (χ2n) is 6.85. The van der Waals surface area contributed by atoms with Crippen molar-refractivity contribution in [2.75, 3.05) is 26.2 Å². The number of hydrogen-bond donors (Lipinski definition) is 1. The highest BCUT2D eigenvalue weighted by molar-refractivity contribution is 5.81. The Morgan fingerprint density at radius 3 is 2.38 bits per heavy atom. The molecule has 2 bridgehead atoms. The Balaban J connectivity index is 1.62. The van der Waals surface area contributed by atoms with Crippen molar-refractivity contribution in [3.63, 3.8) is 0 Å². The standard InChI is InChI=1S/C16H27N3O2/c1-2-13(20)18-6-3-7-19(9-8-18)16(21)14-11-4-5-12(10-11)15(14)17/h11-12,14-15H,2-10,17H2,1H3. The molecule has 0 radical (unpaired) electrons. The lowest BCUT2D eigenvalue weighted by Gasteiger charge is -2.32. The first kappa shape index (κ1) is 14.8. The normalized spacial score (nSPS) is 35.9. The molecular weight excluding hydrogens is 266 g/mol. The Morgan fingerprint density at radius 2 is 1.71 bits per heavy atom. The summed E-state index contributed by atoms with van der Waals surface area (Å²) in [7, 11) is 0. The summed E-state index contributed by atoms with van der Waals surface area (Å²) >= 11 is 0. The van der Waals surface area contributed by atoms with Crippen LogP contribution in [0.3, 0.4) is 0 Å². The van der Waals surface area contributed by atoms with Crippen LogP contribution in [0.5, 0.6) is 0 Å². The van der Waals surface area contributed by atoms with E-state index >= 15 is 0 Å². The van der Waals surface area contributed by atoms with E-state index in [1.165, 1.54) is 12.8 Å². The molecule has 3 aliphatic rings. The lowest BCUT2D eigenvalue weighted by Crippen LogP contribution is -2.48. The number of amides is 2. The van der Waals surface area contributed by atoms with Crippen LogP contribution >= 0.6 is 0 Å². The zero-order valence-corrected chi connectivity index (χ0v) is 13.0. The van der Waals surface area contributed by atoms with E-state index in [4.69, 9.17) is 5.73 Å². The molecule has 2 saturated carbocycles. The Kier molecular flexibility index (Phi) is 4.20. The van der Waals surface area contributed by atoms with Crippen molar-refractivity contribution in [1.82, 2.24) is 9.80 Å². The van der Waals surface area contributed by atoms with E-state index in [9.17, 15) is 9.59 Å². The van der Waals surface area contributed by atoms with Crippen molar-refractivity contribution < 1.29 is 9.59 Å². The van der Waals surface area contributed by atoms with Gasteiger partial charge in [0.05, 0.1) is 5.92 Å². The minimum atomic E-state index is 0.0391. The van der Waals surface area contributed by atoms with Gasteiger partial charge in [0.1, 0.15) is 0 Å². The monoisotopic (exact) mass is 293 g/mol. The number of carbonyl (C=O) groups is 2. The van der Waals surface area contributed by atoms with Gasteiger partial charge in [-0.1, -0.05) is 6.92 Å². The van der Waals surface area contributed by atoms with Crippen LogP contribution in [0, 0.1) is 17.8 Å². The van der Waals surface area contributed by atoms with E-state index in [-0.39, 0.29) is 23.8 Å². The maximum absolute atomic E-state index is 12.8. The molecule has 0 aromatic rings. The lowest BCUT2D eigenvalue weighted by molar-refractivity contribution is -0.138. The van der Waals surface area contributed by atoms with E-state index in [1.807, 2.05) is 16.7 Å². The first-order valence-electron chi connectivity index (χ1n) is 8.44. The summed E-state index contributed by atoms with van der Waals surface area (Å²) in [5.74, 6) is 1.56. The quantitative estimate of drug-likeness (QED) is 0.820. The summed E-state index contributed by atoms with van der Waals surface area (Å²) in [5.41, 5.74) is 6.30. The van der Waals surface area contributed by atoms with Gasteiger partial charge >= 0.3 is 0 Å². The van der Waals surface area contributed by atoms with Crippen LogP contribution in [0.15, 0.2) is 0 Å². The van der Waals surface area contributed by atoms with E-state index in [2.05, 4.69) is 0 Å². The lowest BCUT2D eigenvalue weighted by atomic mass is 9.84. The van der Waals surface area contributed by atoms with Gasteiger partial charge < -0.3 is 15.5 Å². The molecule has 1 heterocycles. The predicted molar refractivity (Wildman–Crippen MR) is 80.4 cm³/mol. The Hall–Kier alpha value is -1.10. The number of carbonyl (C=O) groups excluding carboxylic acids is 2. The summed E-state index contributed by atoms with van der Waals surface area (Å²) in [6, 6.07) is 0.0629. The van der Waals surface area contributed by atoms with Crippen molar-refractivity contribution in [1.29, 1.82) is 0 Å². The van der Waals surface area contributed by atoms with Gasteiger partial charge in [0.2, 0.25) is 11.8 Å². The van der Waals surface area contributed by atoms with Crippen molar-refractivity contribution in [2.45, 2.75) is 45.1 Å². The fourth-order valence-corrected chi connectivity index (χ4v) is 4.52. The second kappa shape index (κ2) is 5.95. The Bertz CT molecular complexity index is 424. The number of rotatable bonds is 2. The van der Waals surface area contributed by atoms with Gasteiger partial charge in [-0.2, -0.15) is 0 Å². The predicted octanol–water partition coefficient (Wildman–Crippen LogP) is 0.831. The molecule has 0 aromatic carbocycles. The fourth-order valence-electron chi connectivity index (χ4n) is 4.52. The highest BCUT2D eigenvalue weighted by Crippen LogP contribution is 2.48. The first-order chi connectivity index (χ1) is 10.1. The molecule has 0 aromatic heterocycles. The van der Waals surface area contributed by atoms with E-state index in [1.54, 1.807) is 0 Å². The summed E-state index contributed by atoms with van der Waals surface area (Å²) in [6.45, 7) is 4.79. The van der Waals surface area contributed by atoms with Crippen LogP contribution in [0.2, 0.25) is 0 Å². The number of nitrogens with two attached hydrogens (primary N) is 1. The van der Waals surface area contributed by atoms with Crippen molar-refractivity contribution in [3.8, 4) is 0 Å². The zero-order chi connectivity index (χ0) is 15.0. The maximum atomic E-state index is 12.8. The molecule has 118 valence electrons. The van der Waals surface area contributed by atoms with Crippen molar-refractivity contribution in [2.24, 2.45) is 23.5 Å². The molecule has 4 unspecified atom stereocenters. The van der Waals surface area contributed by atoms with Crippen molar-refractivity contribution >= 4 is 11.8 Å². The minimum Gasteiger partial charge on any atom is -0.341 e. The Morgan fingerprint density at radius 1 is 1.05 bits per heavy atom. The van der Waals surface area contributed by atoms with Gasteiger partial charge in [-0.15, -0.1) is 0 Å². The highest BCUT2D eigenvalue weighted by atomic mass is 16.2. The molecule has 1 aliphatic heterocycles. The summed E-state index contributed by atoms with van der Waals surface area (Å²) in [6.07, 6.45) is 4.95. The van der Waals surface area contributed by atoms with Gasteiger partial charge in [0, 0.05) is 38.6 Å². The van der Waals surface area contributed by atoms with Crippen molar-refractivity contribution in [3.05, 3.63) is 0 Å². The van der Waals surface area contributed by atoms with Gasteiger partial charge in [-0.3, -0.25) is 9.59 Å². The van der Waals surface area contributed by atoms with E-state index in [0.717, 1.165) is 25.9 Å². The number of hydrogen-bond acceptors (Lipinski definition) is 3. The van der Waals surface area contributed by atoms with Gasteiger partial charge in [-0.05, 0) is 37.5 Å². The smallest absolute Gasteiger partial charge is 0.227 e. The molecule has 2 N–H and O–H groups in total. The number of nitrogens with zero attached hydrogens (tertiary/aromatic N) is 2. The molecule has 0 spiro atoms. The molecule has 1 saturated heterocycles. The van der Waals surface area contributed by atoms with Crippen LogP contribution < -0.4 is 5.73 Å². The average molecular weight is 293 g/mol.